The summed E-state index contributed by atoms with van der Waals surface area (Å²) >= 11 is 0. The first-order chi connectivity index (χ1) is 8.79. The summed E-state index contributed by atoms with van der Waals surface area (Å²) < 4.78 is 13.1. The van der Waals surface area contributed by atoms with Gasteiger partial charge in [0.15, 0.2) is 0 Å². The Morgan fingerprint density at radius 2 is 1.83 bits per heavy atom. The van der Waals surface area contributed by atoms with E-state index < -0.39 is 0 Å². The Bertz CT molecular complexity index is 481. The summed E-state index contributed by atoms with van der Waals surface area (Å²) in [5.41, 5.74) is 2.32. The molecular formula is C16H18FN. The van der Waals surface area contributed by atoms with Gasteiger partial charge >= 0.3 is 0 Å². The van der Waals surface area contributed by atoms with Gasteiger partial charge in [-0.2, -0.15) is 0 Å². The van der Waals surface area contributed by atoms with Crippen LogP contribution in [0.25, 0.3) is 0 Å². The largest absolute Gasteiger partial charge is 0.313 e. The summed E-state index contributed by atoms with van der Waals surface area (Å²) in [6.07, 6.45) is 1.84. The monoisotopic (exact) mass is 243 g/mol. The third-order valence-corrected chi connectivity index (χ3v) is 3.16. The second-order valence-corrected chi connectivity index (χ2v) is 4.42. The van der Waals surface area contributed by atoms with E-state index in [1.54, 1.807) is 12.1 Å². The van der Waals surface area contributed by atoms with Gasteiger partial charge in [-0.05, 0) is 43.1 Å². The molecule has 1 N–H and O–H groups in total. The molecule has 1 atom stereocenters. The number of benzene rings is 2. The summed E-state index contributed by atoms with van der Waals surface area (Å²) in [5.74, 6) is -0.159. The summed E-state index contributed by atoms with van der Waals surface area (Å²) in [6.45, 7) is 0. The molecule has 0 spiro atoms. The Hall–Kier alpha value is -1.67. The number of hydrogen-bond donors (Lipinski definition) is 1. The Labute approximate surface area is 108 Å². The highest BCUT2D eigenvalue weighted by molar-refractivity contribution is 5.20. The van der Waals surface area contributed by atoms with E-state index in [9.17, 15) is 4.39 Å². The predicted octanol–water partition coefficient (Wildman–Crippen LogP) is 3.72. The van der Waals surface area contributed by atoms with Crippen molar-refractivity contribution in [3.63, 3.8) is 0 Å². The smallest absolute Gasteiger partial charge is 0.123 e. The van der Waals surface area contributed by atoms with Crippen LogP contribution >= 0.6 is 0 Å². The minimum atomic E-state index is -0.159. The van der Waals surface area contributed by atoms with Gasteiger partial charge in [0.25, 0.3) is 0 Å². The first kappa shape index (κ1) is 12.8. The van der Waals surface area contributed by atoms with E-state index in [0.29, 0.717) is 6.04 Å². The number of aryl methyl sites for hydroxylation is 1. The van der Waals surface area contributed by atoms with E-state index in [1.165, 1.54) is 11.6 Å². The SMILES string of the molecule is CNC(CCc1cccc(F)c1)c1ccccc1. The fraction of sp³-hybridized carbons (Fsp3) is 0.250. The zero-order valence-electron chi connectivity index (χ0n) is 10.6. The Kier molecular flexibility index (Phi) is 4.48. The molecule has 2 aromatic carbocycles. The molecule has 0 radical (unpaired) electrons. The zero-order valence-corrected chi connectivity index (χ0v) is 10.6. The lowest BCUT2D eigenvalue weighted by molar-refractivity contribution is 0.547. The molecule has 1 nitrogen and oxygen atoms in total. The van der Waals surface area contributed by atoms with Crippen molar-refractivity contribution in [2.24, 2.45) is 0 Å². The van der Waals surface area contributed by atoms with Crippen molar-refractivity contribution in [2.45, 2.75) is 18.9 Å². The molecule has 0 heterocycles. The van der Waals surface area contributed by atoms with Gasteiger partial charge in [0, 0.05) is 6.04 Å². The maximum atomic E-state index is 13.1. The van der Waals surface area contributed by atoms with E-state index in [1.807, 2.05) is 31.3 Å². The second kappa shape index (κ2) is 6.31. The molecule has 0 aromatic heterocycles. The molecule has 2 aromatic rings. The molecule has 0 aliphatic heterocycles. The van der Waals surface area contributed by atoms with E-state index in [0.717, 1.165) is 18.4 Å². The Morgan fingerprint density at radius 1 is 1.06 bits per heavy atom. The van der Waals surface area contributed by atoms with Crippen molar-refractivity contribution >= 4 is 0 Å². The zero-order chi connectivity index (χ0) is 12.8. The molecule has 2 heteroatoms. The van der Waals surface area contributed by atoms with E-state index in [2.05, 4.69) is 17.4 Å². The summed E-state index contributed by atoms with van der Waals surface area (Å²) in [5, 5.41) is 3.31. The minimum Gasteiger partial charge on any atom is -0.313 e. The van der Waals surface area contributed by atoms with Gasteiger partial charge in [-0.15, -0.1) is 0 Å². The number of halogens is 1. The summed E-state index contributed by atoms with van der Waals surface area (Å²) in [7, 11) is 1.96. The summed E-state index contributed by atoms with van der Waals surface area (Å²) in [6, 6.07) is 17.5. The molecule has 0 bridgehead atoms. The van der Waals surface area contributed by atoms with Gasteiger partial charge in [-0.3, -0.25) is 0 Å². The van der Waals surface area contributed by atoms with Crippen LogP contribution in [0.15, 0.2) is 54.6 Å². The Morgan fingerprint density at radius 3 is 2.50 bits per heavy atom. The highest BCUT2D eigenvalue weighted by Crippen LogP contribution is 2.18. The molecule has 0 aliphatic rings. The summed E-state index contributed by atoms with van der Waals surface area (Å²) in [4.78, 5) is 0. The second-order valence-electron chi connectivity index (χ2n) is 4.42. The molecule has 0 amide bonds. The molecule has 94 valence electrons. The maximum Gasteiger partial charge on any atom is 0.123 e. The van der Waals surface area contributed by atoms with Gasteiger partial charge < -0.3 is 5.32 Å². The third-order valence-electron chi connectivity index (χ3n) is 3.16. The van der Waals surface area contributed by atoms with Crippen molar-refractivity contribution in [1.29, 1.82) is 0 Å². The van der Waals surface area contributed by atoms with Crippen LogP contribution in [0.2, 0.25) is 0 Å². The van der Waals surface area contributed by atoms with Crippen molar-refractivity contribution in [1.82, 2.24) is 5.32 Å². The van der Waals surface area contributed by atoms with Crippen LogP contribution < -0.4 is 5.32 Å². The van der Waals surface area contributed by atoms with Crippen LogP contribution in [0.1, 0.15) is 23.6 Å². The standard InChI is InChI=1S/C16H18FN/c1-18-16(14-7-3-2-4-8-14)11-10-13-6-5-9-15(17)12-13/h2-9,12,16,18H,10-11H2,1H3. The number of hydrogen-bond acceptors (Lipinski definition) is 1. The molecule has 0 saturated heterocycles. The van der Waals surface area contributed by atoms with Crippen molar-refractivity contribution < 1.29 is 4.39 Å². The minimum absolute atomic E-state index is 0.159. The molecule has 1 unspecified atom stereocenters. The quantitative estimate of drug-likeness (QED) is 0.844. The molecule has 18 heavy (non-hydrogen) atoms. The van der Waals surface area contributed by atoms with Crippen LogP contribution in [0.5, 0.6) is 0 Å². The Balaban J connectivity index is 2.00. The van der Waals surface area contributed by atoms with Crippen molar-refractivity contribution in [3.8, 4) is 0 Å². The topological polar surface area (TPSA) is 12.0 Å². The lowest BCUT2D eigenvalue weighted by atomic mass is 9.99. The van der Waals surface area contributed by atoms with E-state index in [-0.39, 0.29) is 5.82 Å². The van der Waals surface area contributed by atoms with Gasteiger partial charge in [0.1, 0.15) is 5.82 Å². The highest BCUT2D eigenvalue weighted by atomic mass is 19.1. The van der Waals surface area contributed by atoms with E-state index >= 15 is 0 Å². The molecule has 2 rings (SSSR count). The fourth-order valence-corrected chi connectivity index (χ4v) is 2.17. The molecule has 0 aliphatic carbocycles. The van der Waals surface area contributed by atoms with E-state index in [4.69, 9.17) is 0 Å². The van der Waals surface area contributed by atoms with Crippen LogP contribution in [0.4, 0.5) is 4.39 Å². The number of nitrogens with one attached hydrogen (secondary N) is 1. The van der Waals surface area contributed by atoms with Crippen LogP contribution in [0.3, 0.4) is 0 Å². The van der Waals surface area contributed by atoms with Crippen LogP contribution in [-0.4, -0.2) is 7.05 Å². The first-order valence-corrected chi connectivity index (χ1v) is 6.26. The predicted molar refractivity (Wildman–Crippen MR) is 73.0 cm³/mol. The van der Waals surface area contributed by atoms with Gasteiger partial charge in [0.2, 0.25) is 0 Å². The average molecular weight is 243 g/mol. The van der Waals surface area contributed by atoms with Crippen LogP contribution in [0, 0.1) is 5.82 Å². The van der Waals surface area contributed by atoms with Gasteiger partial charge in [-0.1, -0.05) is 42.5 Å². The maximum absolute atomic E-state index is 13.1. The highest BCUT2D eigenvalue weighted by Gasteiger charge is 2.08. The molecular weight excluding hydrogens is 225 g/mol. The van der Waals surface area contributed by atoms with Crippen molar-refractivity contribution in [3.05, 3.63) is 71.5 Å². The van der Waals surface area contributed by atoms with Crippen molar-refractivity contribution in [2.75, 3.05) is 7.05 Å². The lowest BCUT2D eigenvalue weighted by Crippen LogP contribution is -2.17. The fourth-order valence-electron chi connectivity index (χ4n) is 2.17. The average Bonchev–Trinajstić information content (AvgIpc) is 2.41. The third kappa shape index (κ3) is 3.41. The lowest BCUT2D eigenvalue weighted by Gasteiger charge is -2.16. The molecule has 0 saturated carbocycles. The first-order valence-electron chi connectivity index (χ1n) is 6.26. The van der Waals surface area contributed by atoms with Gasteiger partial charge in [-0.25, -0.2) is 4.39 Å². The van der Waals surface area contributed by atoms with Gasteiger partial charge in [0.05, 0.1) is 0 Å². The molecule has 0 fully saturated rings. The van der Waals surface area contributed by atoms with Crippen LogP contribution in [-0.2, 0) is 6.42 Å². The normalized spacial score (nSPS) is 12.3. The number of rotatable bonds is 5.